The molecule has 0 amide bonds. The van der Waals surface area contributed by atoms with Gasteiger partial charge in [0.15, 0.2) is 0 Å². The fourth-order valence-electron chi connectivity index (χ4n) is 1.66. The molecule has 1 saturated carbocycles. The van der Waals surface area contributed by atoms with Crippen LogP contribution in [0.2, 0.25) is 0 Å². The van der Waals surface area contributed by atoms with E-state index in [9.17, 15) is 0 Å². The van der Waals surface area contributed by atoms with Crippen molar-refractivity contribution in [3.63, 3.8) is 0 Å². The summed E-state index contributed by atoms with van der Waals surface area (Å²) in [6.45, 7) is 2.26. The van der Waals surface area contributed by atoms with Gasteiger partial charge in [0.05, 0.1) is 0 Å². The Labute approximate surface area is 64.0 Å². The van der Waals surface area contributed by atoms with E-state index in [1.165, 1.54) is 25.7 Å². The molecule has 0 N–H and O–H groups in total. The summed E-state index contributed by atoms with van der Waals surface area (Å²) in [4.78, 5) is 0. The molecule has 0 saturated heterocycles. The van der Waals surface area contributed by atoms with Crippen LogP contribution in [-0.2, 0) is 0 Å². The average molecular weight is 136 g/mol. The van der Waals surface area contributed by atoms with Crippen molar-refractivity contribution in [2.24, 2.45) is 11.8 Å². The second kappa shape index (κ2) is 3.66. The first-order chi connectivity index (χ1) is 4.88. The first-order valence-corrected chi connectivity index (χ1v) is 4.32. The second-order valence-corrected chi connectivity index (χ2v) is 3.29. The Morgan fingerprint density at radius 3 is 2.70 bits per heavy atom. The maximum Gasteiger partial charge on any atom is 0.00888 e. The highest BCUT2D eigenvalue weighted by atomic mass is 14.4. The van der Waals surface area contributed by atoms with E-state index in [4.69, 9.17) is 6.42 Å². The molecule has 0 bridgehead atoms. The van der Waals surface area contributed by atoms with Crippen LogP contribution in [0.4, 0.5) is 0 Å². The molecule has 0 radical (unpaired) electrons. The molecule has 10 heavy (non-hydrogen) atoms. The molecule has 1 aliphatic carbocycles. The standard InChI is InChI=1S/C10H16/c1-3-5-7-10-8-9(10)6-4-2/h1,9-10H,4-8H2,2H3. The average Bonchev–Trinajstić information content (AvgIpc) is 2.65. The zero-order chi connectivity index (χ0) is 7.40. The third-order valence-electron chi connectivity index (χ3n) is 2.39. The van der Waals surface area contributed by atoms with Crippen molar-refractivity contribution in [1.82, 2.24) is 0 Å². The van der Waals surface area contributed by atoms with Crippen LogP contribution < -0.4 is 0 Å². The van der Waals surface area contributed by atoms with Crippen LogP contribution in [0, 0.1) is 24.2 Å². The maximum absolute atomic E-state index is 5.17. The number of hydrogen-bond acceptors (Lipinski definition) is 0. The van der Waals surface area contributed by atoms with Gasteiger partial charge in [-0.3, -0.25) is 0 Å². The minimum Gasteiger partial charge on any atom is -0.120 e. The van der Waals surface area contributed by atoms with Crippen LogP contribution in [0.15, 0.2) is 0 Å². The third-order valence-corrected chi connectivity index (χ3v) is 2.39. The number of terminal acetylenes is 1. The van der Waals surface area contributed by atoms with Crippen molar-refractivity contribution in [2.75, 3.05) is 0 Å². The SMILES string of the molecule is C#CCCC1CC1CCC. The van der Waals surface area contributed by atoms with E-state index in [2.05, 4.69) is 12.8 Å². The molecular weight excluding hydrogens is 120 g/mol. The van der Waals surface area contributed by atoms with Gasteiger partial charge in [0, 0.05) is 6.42 Å². The summed E-state index contributed by atoms with van der Waals surface area (Å²) in [5.74, 6) is 4.74. The van der Waals surface area contributed by atoms with Crippen molar-refractivity contribution in [3.8, 4) is 12.3 Å². The Morgan fingerprint density at radius 2 is 2.10 bits per heavy atom. The van der Waals surface area contributed by atoms with Crippen LogP contribution in [0.3, 0.4) is 0 Å². The van der Waals surface area contributed by atoms with Gasteiger partial charge in [-0.25, -0.2) is 0 Å². The van der Waals surface area contributed by atoms with Crippen molar-refractivity contribution < 1.29 is 0 Å². The van der Waals surface area contributed by atoms with E-state index in [1.807, 2.05) is 0 Å². The first kappa shape index (κ1) is 7.66. The molecule has 1 aliphatic rings. The van der Waals surface area contributed by atoms with Crippen molar-refractivity contribution >= 4 is 0 Å². The van der Waals surface area contributed by atoms with Gasteiger partial charge in [0.25, 0.3) is 0 Å². The molecule has 0 aromatic heterocycles. The maximum atomic E-state index is 5.17. The zero-order valence-electron chi connectivity index (χ0n) is 6.77. The van der Waals surface area contributed by atoms with Gasteiger partial charge in [-0.05, 0) is 24.7 Å². The topological polar surface area (TPSA) is 0 Å². The van der Waals surface area contributed by atoms with Crippen molar-refractivity contribution in [2.45, 2.75) is 39.0 Å². The summed E-state index contributed by atoms with van der Waals surface area (Å²) >= 11 is 0. The second-order valence-electron chi connectivity index (χ2n) is 3.29. The third kappa shape index (κ3) is 2.06. The minimum absolute atomic E-state index is 0.991. The first-order valence-electron chi connectivity index (χ1n) is 4.32. The summed E-state index contributed by atoms with van der Waals surface area (Å²) < 4.78 is 0. The van der Waals surface area contributed by atoms with Gasteiger partial charge in [0.2, 0.25) is 0 Å². The number of hydrogen-bond donors (Lipinski definition) is 0. The largest absolute Gasteiger partial charge is 0.120 e. The molecule has 0 nitrogen and oxygen atoms in total. The highest BCUT2D eigenvalue weighted by molar-refractivity contribution is 4.91. The smallest absolute Gasteiger partial charge is 0.00888 e. The predicted octanol–water partition coefficient (Wildman–Crippen LogP) is 2.84. The van der Waals surface area contributed by atoms with Gasteiger partial charge in [-0.15, -0.1) is 12.3 Å². The molecule has 2 unspecified atom stereocenters. The fourth-order valence-corrected chi connectivity index (χ4v) is 1.66. The molecule has 0 aromatic carbocycles. The summed E-state index contributed by atoms with van der Waals surface area (Å²) in [5, 5.41) is 0. The Bertz CT molecular complexity index is 129. The predicted molar refractivity (Wildman–Crippen MR) is 44.6 cm³/mol. The van der Waals surface area contributed by atoms with E-state index < -0.39 is 0 Å². The van der Waals surface area contributed by atoms with Gasteiger partial charge in [0.1, 0.15) is 0 Å². The molecule has 56 valence electrons. The van der Waals surface area contributed by atoms with Crippen LogP contribution in [0.1, 0.15) is 39.0 Å². The molecule has 1 rings (SSSR count). The lowest BCUT2D eigenvalue weighted by atomic mass is 10.1. The van der Waals surface area contributed by atoms with Crippen LogP contribution >= 0.6 is 0 Å². The summed E-state index contributed by atoms with van der Waals surface area (Å²) in [7, 11) is 0. The highest BCUT2D eigenvalue weighted by Gasteiger charge is 2.34. The van der Waals surface area contributed by atoms with E-state index in [0.29, 0.717) is 0 Å². The molecule has 1 fully saturated rings. The van der Waals surface area contributed by atoms with E-state index in [-0.39, 0.29) is 0 Å². The van der Waals surface area contributed by atoms with Crippen LogP contribution in [0.5, 0.6) is 0 Å². The zero-order valence-corrected chi connectivity index (χ0v) is 6.77. The van der Waals surface area contributed by atoms with E-state index >= 15 is 0 Å². The summed E-state index contributed by atoms with van der Waals surface area (Å²) in [6, 6.07) is 0. The Balaban J connectivity index is 1.98. The Morgan fingerprint density at radius 1 is 1.40 bits per heavy atom. The van der Waals surface area contributed by atoms with Crippen LogP contribution in [-0.4, -0.2) is 0 Å². The lowest BCUT2D eigenvalue weighted by Gasteiger charge is -1.92. The monoisotopic (exact) mass is 136 g/mol. The van der Waals surface area contributed by atoms with Crippen molar-refractivity contribution in [1.29, 1.82) is 0 Å². The molecule has 0 spiro atoms. The quantitative estimate of drug-likeness (QED) is 0.521. The van der Waals surface area contributed by atoms with Crippen molar-refractivity contribution in [3.05, 3.63) is 0 Å². The lowest BCUT2D eigenvalue weighted by molar-refractivity contribution is 0.608. The molecule has 0 heterocycles. The highest BCUT2D eigenvalue weighted by Crippen LogP contribution is 2.44. The lowest BCUT2D eigenvalue weighted by Crippen LogP contribution is -1.81. The van der Waals surface area contributed by atoms with Gasteiger partial charge >= 0.3 is 0 Å². The van der Waals surface area contributed by atoms with Crippen LogP contribution in [0.25, 0.3) is 0 Å². The molecule has 0 aromatic rings. The van der Waals surface area contributed by atoms with E-state index in [0.717, 1.165) is 18.3 Å². The molecule has 2 atom stereocenters. The minimum atomic E-state index is 0.991. The summed E-state index contributed by atoms with van der Waals surface area (Å²) in [5.41, 5.74) is 0. The molecule has 0 heteroatoms. The van der Waals surface area contributed by atoms with E-state index in [1.54, 1.807) is 0 Å². The van der Waals surface area contributed by atoms with Gasteiger partial charge in [-0.1, -0.05) is 19.8 Å². The normalized spacial score (nSPS) is 29.6. The molecule has 0 aliphatic heterocycles. The van der Waals surface area contributed by atoms with Gasteiger partial charge in [-0.2, -0.15) is 0 Å². The molecular formula is C10H16. The number of rotatable bonds is 4. The van der Waals surface area contributed by atoms with Gasteiger partial charge < -0.3 is 0 Å². The summed E-state index contributed by atoms with van der Waals surface area (Å²) in [6.07, 6.45) is 11.7. The Kier molecular flexibility index (Phi) is 2.81. The Hall–Kier alpha value is -0.440. The fraction of sp³-hybridized carbons (Fsp3) is 0.800.